The Hall–Kier alpha value is -1.12. The lowest BCUT2D eigenvalue weighted by Gasteiger charge is -2.07. The summed E-state index contributed by atoms with van der Waals surface area (Å²) in [5, 5.41) is 3.56. The van der Waals surface area contributed by atoms with Crippen LogP contribution in [-0.4, -0.2) is 12.6 Å². The molecule has 0 saturated carbocycles. The van der Waals surface area contributed by atoms with Crippen LogP contribution in [0.25, 0.3) is 10.4 Å². The second kappa shape index (κ2) is 5.03. The predicted molar refractivity (Wildman–Crippen MR) is 74.5 cm³/mol. The standard InChI is InChI=1S/C15H17NS/c1-2-5-12(6-3-1)15-9-8-14(17-15)11-13-7-4-10-16-13/h1-3,5-6,8-9,13,16H,4,7,10-11H2. The molecule has 2 heteroatoms. The topological polar surface area (TPSA) is 12.0 Å². The zero-order chi connectivity index (χ0) is 11.5. The summed E-state index contributed by atoms with van der Waals surface area (Å²) in [6.07, 6.45) is 3.86. The molecule has 1 fully saturated rings. The van der Waals surface area contributed by atoms with Crippen LogP contribution >= 0.6 is 11.3 Å². The molecule has 1 nitrogen and oxygen atoms in total. The first-order valence-electron chi connectivity index (χ1n) is 6.29. The van der Waals surface area contributed by atoms with Gasteiger partial charge in [-0.15, -0.1) is 11.3 Å². The van der Waals surface area contributed by atoms with Crippen molar-refractivity contribution in [2.24, 2.45) is 0 Å². The molecule has 17 heavy (non-hydrogen) atoms. The third-order valence-electron chi connectivity index (χ3n) is 3.33. The number of nitrogens with one attached hydrogen (secondary N) is 1. The minimum Gasteiger partial charge on any atom is -0.314 e. The average molecular weight is 243 g/mol. The van der Waals surface area contributed by atoms with Gasteiger partial charge in [0.05, 0.1) is 0 Å². The number of hydrogen-bond acceptors (Lipinski definition) is 2. The summed E-state index contributed by atoms with van der Waals surface area (Å²) < 4.78 is 0. The average Bonchev–Trinajstić information content (AvgIpc) is 3.02. The van der Waals surface area contributed by atoms with E-state index in [1.165, 1.54) is 41.1 Å². The first-order valence-corrected chi connectivity index (χ1v) is 7.11. The molecule has 1 aromatic heterocycles. The minimum atomic E-state index is 0.706. The molecule has 0 bridgehead atoms. The second-order valence-corrected chi connectivity index (χ2v) is 5.80. The van der Waals surface area contributed by atoms with Gasteiger partial charge in [-0.1, -0.05) is 30.3 Å². The van der Waals surface area contributed by atoms with Gasteiger partial charge in [-0.25, -0.2) is 0 Å². The van der Waals surface area contributed by atoms with E-state index in [1.807, 2.05) is 11.3 Å². The third-order valence-corrected chi connectivity index (χ3v) is 4.49. The highest BCUT2D eigenvalue weighted by molar-refractivity contribution is 7.15. The van der Waals surface area contributed by atoms with Crippen LogP contribution in [0, 0.1) is 0 Å². The number of thiophene rings is 1. The van der Waals surface area contributed by atoms with Gasteiger partial charge in [0.25, 0.3) is 0 Å². The van der Waals surface area contributed by atoms with Gasteiger partial charge in [0.2, 0.25) is 0 Å². The first kappa shape index (κ1) is 11.0. The zero-order valence-corrected chi connectivity index (χ0v) is 10.7. The molecular weight excluding hydrogens is 226 g/mol. The number of benzene rings is 1. The third kappa shape index (κ3) is 2.59. The summed E-state index contributed by atoms with van der Waals surface area (Å²) in [6.45, 7) is 1.20. The van der Waals surface area contributed by atoms with Gasteiger partial charge in [-0.05, 0) is 43.5 Å². The Morgan fingerprint density at radius 1 is 1.12 bits per heavy atom. The summed E-state index contributed by atoms with van der Waals surface area (Å²) in [4.78, 5) is 2.89. The zero-order valence-electron chi connectivity index (χ0n) is 9.86. The fraction of sp³-hybridized carbons (Fsp3) is 0.333. The lowest BCUT2D eigenvalue weighted by atomic mass is 10.1. The van der Waals surface area contributed by atoms with E-state index < -0.39 is 0 Å². The fourth-order valence-corrected chi connectivity index (χ4v) is 3.51. The van der Waals surface area contributed by atoms with E-state index >= 15 is 0 Å². The smallest absolute Gasteiger partial charge is 0.0345 e. The molecule has 1 aliphatic heterocycles. The molecule has 1 N–H and O–H groups in total. The maximum Gasteiger partial charge on any atom is 0.0345 e. The molecular formula is C15H17NS. The van der Waals surface area contributed by atoms with Crippen LogP contribution in [-0.2, 0) is 6.42 Å². The van der Waals surface area contributed by atoms with Gasteiger partial charge in [-0.3, -0.25) is 0 Å². The van der Waals surface area contributed by atoms with E-state index in [9.17, 15) is 0 Å². The molecule has 1 aliphatic rings. The lowest BCUT2D eigenvalue weighted by molar-refractivity contribution is 0.608. The first-order chi connectivity index (χ1) is 8.42. The highest BCUT2D eigenvalue weighted by atomic mass is 32.1. The lowest BCUT2D eigenvalue weighted by Crippen LogP contribution is -2.23. The van der Waals surface area contributed by atoms with Crippen LogP contribution < -0.4 is 5.32 Å². The van der Waals surface area contributed by atoms with Crippen molar-refractivity contribution < 1.29 is 0 Å². The van der Waals surface area contributed by atoms with Crippen LogP contribution in [0.3, 0.4) is 0 Å². The molecule has 0 spiro atoms. The van der Waals surface area contributed by atoms with Crippen LogP contribution in [0.2, 0.25) is 0 Å². The Balaban J connectivity index is 1.74. The monoisotopic (exact) mass is 243 g/mol. The summed E-state index contributed by atoms with van der Waals surface area (Å²) in [5.41, 5.74) is 1.34. The molecule has 1 atom stereocenters. The van der Waals surface area contributed by atoms with Crippen molar-refractivity contribution >= 4 is 11.3 Å². The van der Waals surface area contributed by atoms with E-state index in [-0.39, 0.29) is 0 Å². The van der Waals surface area contributed by atoms with Gasteiger partial charge in [0.1, 0.15) is 0 Å². The van der Waals surface area contributed by atoms with Crippen molar-refractivity contribution in [1.82, 2.24) is 5.32 Å². The van der Waals surface area contributed by atoms with Gasteiger partial charge >= 0.3 is 0 Å². The highest BCUT2D eigenvalue weighted by Crippen LogP contribution is 2.29. The van der Waals surface area contributed by atoms with Crippen LogP contribution in [0.1, 0.15) is 17.7 Å². The van der Waals surface area contributed by atoms with E-state index in [2.05, 4.69) is 47.8 Å². The van der Waals surface area contributed by atoms with E-state index in [0.29, 0.717) is 6.04 Å². The maximum absolute atomic E-state index is 3.56. The number of hydrogen-bond donors (Lipinski definition) is 1. The van der Waals surface area contributed by atoms with Crippen molar-refractivity contribution in [2.75, 3.05) is 6.54 Å². The molecule has 0 aliphatic carbocycles. The van der Waals surface area contributed by atoms with E-state index in [1.54, 1.807) is 0 Å². The van der Waals surface area contributed by atoms with Crippen LogP contribution in [0.5, 0.6) is 0 Å². The molecule has 3 rings (SSSR count). The Labute approximate surface area is 106 Å². The second-order valence-electron chi connectivity index (χ2n) is 4.63. The Morgan fingerprint density at radius 3 is 2.76 bits per heavy atom. The van der Waals surface area contributed by atoms with Gasteiger partial charge in [0.15, 0.2) is 0 Å². The van der Waals surface area contributed by atoms with E-state index in [4.69, 9.17) is 0 Å². The minimum absolute atomic E-state index is 0.706. The van der Waals surface area contributed by atoms with Crippen molar-refractivity contribution in [3.8, 4) is 10.4 Å². The summed E-state index contributed by atoms with van der Waals surface area (Å²) in [7, 11) is 0. The largest absolute Gasteiger partial charge is 0.314 e. The summed E-state index contributed by atoms with van der Waals surface area (Å²) in [6, 6.07) is 15.9. The van der Waals surface area contributed by atoms with Crippen molar-refractivity contribution in [1.29, 1.82) is 0 Å². The normalized spacial score (nSPS) is 19.6. The molecule has 0 amide bonds. The molecule has 1 aromatic carbocycles. The molecule has 2 aromatic rings. The van der Waals surface area contributed by atoms with E-state index in [0.717, 1.165) is 0 Å². The highest BCUT2D eigenvalue weighted by Gasteiger charge is 2.15. The quantitative estimate of drug-likeness (QED) is 0.866. The molecule has 2 heterocycles. The SMILES string of the molecule is c1ccc(-c2ccc(CC3CCCN3)s2)cc1. The summed E-state index contributed by atoms with van der Waals surface area (Å²) >= 11 is 1.93. The Bertz CT molecular complexity index is 469. The van der Waals surface area contributed by atoms with Crippen LogP contribution in [0.15, 0.2) is 42.5 Å². The Morgan fingerprint density at radius 2 is 2.00 bits per heavy atom. The van der Waals surface area contributed by atoms with Crippen molar-refractivity contribution in [2.45, 2.75) is 25.3 Å². The van der Waals surface area contributed by atoms with Crippen molar-refractivity contribution in [3.63, 3.8) is 0 Å². The molecule has 1 saturated heterocycles. The molecule has 0 radical (unpaired) electrons. The molecule has 1 unspecified atom stereocenters. The number of rotatable bonds is 3. The predicted octanol–water partition coefficient (Wildman–Crippen LogP) is 3.71. The van der Waals surface area contributed by atoms with Crippen molar-refractivity contribution in [3.05, 3.63) is 47.3 Å². The van der Waals surface area contributed by atoms with Gasteiger partial charge < -0.3 is 5.32 Å². The van der Waals surface area contributed by atoms with Gasteiger partial charge in [0, 0.05) is 15.8 Å². The summed E-state index contributed by atoms with van der Waals surface area (Å²) in [5.74, 6) is 0. The molecule has 88 valence electrons. The fourth-order valence-electron chi connectivity index (χ4n) is 2.42. The Kier molecular flexibility index (Phi) is 3.25. The van der Waals surface area contributed by atoms with Crippen LogP contribution in [0.4, 0.5) is 0 Å². The van der Waals surface area contributed by atoms with Gasteiger partial charge in [-0.2, -0.15) is 0 Å². The maximum atomic E-state index is 3.56.